The third-order valence-corrected chi connectivity index (χ3v) is 4.16. The van der Waals surface area contributed by atoms with Crippen molar-refractivity contribution in [3.05, 3.63) is 54.1 Å². The standard InChI is InChI=1S/C16H14N2O5S/c1-21-13-5-3-12(4-6-13)16(11-17)18-23-24(19,20)15-9-7-14(22-2)8-10-15/h3-10H,1-2H3/b18-16+. The van der Waals surface area contributed by atoms with Crippen molar-refractivity contribution in [2.24, 2.45) is 5.16 Å². The number of nitrogens with zero attached hydrogens (tertiary/aromatic N) is 2. The first kappa shape index (κ1) is 17.3. The molecule has 0 aliphatic heterocycles. The van der Waals surface area contributed by atoms with E-state index in [0.29, 0.717) is 17.1 Å². The molecule has 2 rings (SSSR count). The Kier molecular flexibility index (Phi) is 5.39. The molecular weight excluding hydrogens is 332 g/mol. The average molecular weight is 346 g/mol. The van der Waals surface area contributed by atoms with Crippen molar-refractivity contribution in [3.63, 3.8) is 0 Å². The molecule has 0 unspecified atom stereocenters. The van der Waals surface area contributed by atoms with Gasteiger partial charge in [0.25, 0.3) is 0 Å². The maximum atomic E-state index is 12.1. The van der Waals surface area contributed by atoms with Crippen molar-refractivity contribution in [3.8, 4) is 17.6 Å². The predicted octanol–water partition coefficient (Wildman–Crippen LogP) is 2.34. The predicted molar refractivity (Wildman–Crippen MR) is 86.4 cm³/mol. The van der Waals surface area contributed by atoms with Gasteiger partial charge in [0.15, 0.2) is 5.71 Å². The maximum Gasteiger partial charge on any atom is 0.358 e. The maximum absolute atomic E-state index is 12.1. The first-order chi connectivity index (χ1) is 11.5. The van der Waals surface area contributed by atoms with Crippen LogP contribution >= 0.6 is 0 Å². The minimum absolute atomic E-state index is 0.0981. The van der Waals surface area contributed by atoms with Crippen LogP contribution in [0.4, 0.5) is 0 Å². The van der Waals surface area contributed by atoms with Gasteiger partial charge in [-0.3, -0.25) is 4.28 Å². The van der Waals surface area contributed by atoms with Crippen LogP contribution in [0.25, 0.3) is 0 Å². The number of methoxy groups -OCH3 is 2. The molecule has 0 spiro atoms. The zero-order chi connectivity index (χ0) is 17.6. The Bertz CT molecular complexity index is 866. The Morgan fingerprint density at radius 2 is 1.46 bits per heavy atom. The van der Waals surface area contributed by atoms with Crippen molar-refractivity contribution >= 4 is 15.8 Å². The molecule has 0 saturated heterocycles. The summed E-state index contributed by atoms with van der Waals surface area (Å²) in [5, 5.41) is 12.6. The van der Waals surface area contributed by atoms with Crippen molar-refractivity contribution in [2.45, 2.75) is 4.90 Å². The molecule has 0 aromatic heterocycles. The summed E-state index contributed by atoms with van der Waals surface area (Å²) in [6.45, 7) is 0. The van der Waals surface area contributed by atoms with Gasteiger partial charge in [0.05, 0.1) is 14.2 Å². The largest absolute Gasteiger partial charge is 0.497 e. The Morgan fingerprint density at radius 1 is 0.958 bits per heavy atom. The molecule has 0 bridgehead atoms. The molecule has 24 heavy (non-hydrogen) atoms. The SMILES string of the molecule is COc1ccc(/C(C#N)=N/OS(=O)(=O)c2ccc(OC)cc2)cc1. The van der Waals surface area contributed by atoms with Gasteiger partial charge in [-0.05, 0) is 48.5 Å². The molecule has 124 valence electrons. The normalized spacial score (nSPS) is 11.5. The zero-order valence-electron chi connectivity index (χ0n) is 13.0. The molecule has 7 nitrogen and oxygen atoms in total. The highest BCUT2D eigenvalue weighted by atomic mass is 32.2. The minimum Gasteiger partial charge on any atom is -0.497 e. The summed E-state index contributed by atoms with van der Waals surface area (Å²) in [4.78, 5) is -0.0981. The van der Waals surface area contributed by atoms with E-state index in [-0.39, 0.29) is 10.6 Å². The second-order valence-corrected chi connectivity index (χ2v) is 6.01. The summed E-state index contributed by atoms with van der Waals surface area (Å²) < 4.78 is 38.8. The highest BCUT2D eigenvalue weighted by molar-refractivity contribution is 7.86. The summed E-state index contributed by atoms with van der Waals surface area (Å²) in [5.41, 5.74) is 0.234. The van der Waals surface area contributed by atoms with Gasteiger partial charge in [-0.15, -0.1) is 0 Å². The number of oxime groups is 1. The van der Waals surface area contributed by atoms with Gasteiger partial charge >= 0.3 is 10.1 Å². The molecule has 0 aliphatic carbocycles. The Morgan fingerprint density at radius 3 is 1.92 bits per heavy atom. The van der Waals surface area contributed by atoms with Crippen LogP contribution in [0.5, 0.6) is 11.5 Å². The van der Waals surface area contributed by atoms with E-state index >= 15 is 0 Å². The topological polar surface area (TPSA) is 98.0 Å². The number of ether oxygens (including phenoxy) is 2. The van der Waals surface area contributed by atoms with Crippen LogP contribution in [0.1, 0.15) is 5.56 Å². The molecule has 0 N–H and O–H groups in total. The van der Waals surface area contributed by atoms with E-state index in [1.54, 1.807) is 30.3 Å². The van der Waals surface area contributed by atoms with Crippen molar-refractivity contribution < 1.29 is 22.2 Å². The Labute approximate surface area is 139 Å². The molecule has 0 radical (unpaired) electrons. The first-order valence-corrected chi connectivity index (χ1v) is 8.11. The number of benzene rings is 2. The zero-order valence-corrected chi connectivity index (χ0v) is 13.8. The van der Waals surface area contributed by atoms with E-state index in [1.165, 1.54) is 38.5 Å². The van der Waals surface area contributed by atoms with E-state index in [1.807, 2.05) is 0 Å². The van der Waals surface area contributed by atoms with Crippen LogP contribution < -0.4 is 9.47 Å². The van der Waals surface area contributed by atoms with E-state index in [9.17, 15) is 8.42 Å². The van der Waals surface area contributed by atoms with E-state index in [0.717, 1.165) is 0 Å². The Balaban J connectivity index is 2.23. The third kappa shape index (κ3) is 4.02. The third-order valence-electron chi connectivity index (χ3n) is 3.04. The van der Waals surface area contributed by atoms with Gasteiger partial charge in [0.1, 0.15) is 22.5 Å². The van der Waals surface area contributed by atoms with Crippen LogP contribution in [0.15, 0.2) is 58.6 Å². The smallest absolute Gasteiger partial charge is 0.358 e. The van der Waals surface area contributed by atoms with Crippen molar-refractivity contribution in [1.29, 1.82) is 5.26 Å². The molecular formula is C16H14N2O5S. The highest BCUT2D eigenvalue weighted by Crippen LogP contribution is 2.18. The lowest BCUT2D eigenvalue weighted by Crippen LogP contribution is -2.06. The lowest BCUT2D eigenvalue weighted by Gasteiger charge is -2.04. The van der Waals surface area contributed by atoms with Gasteiger partial charge in [-0.1, -0.05) is 5.16 Å². The molecule has 0 saturated carbocycles. The van der Waals surface area contributed by atoms with Crippen molar-refractivity contribution in [2.75, 3.05) is 14.2 Å². The number of nitriles is 1. The summed E-state index contributed by atoms with van der Waals surface area (Å²) in [7, 11) is -1.15. The number of hydrogen-bond acceptors (Lipinski definition) is 7. The highest BCUT2D eigenvalue weighted by Gasteiger charge is 2.17. The lowest BCUT2D eigenvalue weighted by atomic mass is 10.1. The van der Waals surface area contributed by atoms with Gasteiger partial charge in [0.2, 0.25) is 0 Å². The quantitative estimate of drug-likeness (QED) is 0.588. The molecule has 0 aliphatic rings. The van der Waals surface area contributed by atoms with E-state index in [4.69, 9.17) is 14.7 Å². The average Bonchev–Trinajstić information content (AvgIpc) is 2.62. The van der Waals surface area contributed by atoms with E-state index < -0.39 is 10.1 Å². The second kappa shape index (κ2) is 7.48. The fraction of sp³-hybridized carbons (Fsp3) is 0.125. The van der Waals surface area contributed by atoms with E-state index in [2.05, 4.69) is 9.44 Å². The summed E-state index contributed by atoms with van der Waals surface area (Å²) in [6.07, 6.45) is 0. The van der Waals surface area contributed by atoms with Gasteiger partial charge in [-0.2, -0.15) is 13.7 Å². The molecule has 2 aromatic rings. The van der Waals surface area contributed by atoms with Crippen molar-refractivity contribution in [1.82, 2.24) is 0 Å². The molecule has 0 amide bonds. The first-order valence-electron chi connectivity index (χ1n) is 6.70. The van der Waals surface area contributed by atoms with Crippen LogP contribution in [0.2, 0.25) is 0 Å². The van der Waals surface area contributed by atoms with Crippen LogP contribution in [0, 0.1) is 11.3 Å². The summed E-state index contributed by atoms with van der Waals surface area (Å²) in [6, 6.07) is 13.8. The van der Waals surface area contributed by atoms with Crippen LogP contribution in [0.3, 0.4) is 0 Å². The van der Waals surface area contributed by atoms with Gasteiger partial charge in [-0.25, -0.2) is 0 Å². The van der Waals surface area contributed by atoms with Gasteiger partial charge in [0, 0.05) is 5.56 Å². The number of hydrogen-bond donors (Lipinski definition) is 0. The molecule has 0 heterocycles. The molecule has 0 atom stereocenters. The van der Waals surface area contributed by atoms with Gasteiger partial charge < -0.3 is 9.47 Å². The fourth-order valence-corrected chi connectivity index (χ4v) is 2.49. The number of rotatable bonds is 6. The fourth-order valence-electron chi connectivity index (χ4n) is 1.76. The molecule has 0 fully saturated rings. The summed E-state index contributed by atoms with van der Waals surface area (Å²) >= 11 is 0. The monoisotopic (exact) mass is 346 g/mol. The van der Waals surface area contributed by atoms with Crippen LogP contribution in [-0.2, 0) is 14.4 Å². The Hall–Kier alpha value is -3.05. The second-order valence-electron chi connectivity index (χ2n) is 4.48. The summed E-state index contributed by atoms with van der Waals surface area (Å²) in [5.74, 6) is 1.11. The minimum atomic E-state index is -4.13. The van der Waals surface area contributed by atoms with Crippen LogP contribution in [-0.4, -0.2) is 28.3 Å². The lowest BCUT2D eigenvalue weighted by molar-refractivity contribution is 0.339. The molecule has 2 aromatic carbocycles. The molecule has 8 heteroatoms.